The molecule has 0 heterocycles. The maximum Gasteiger partial charge on any atom is 0.410 e. The van der Waals surface area contributed by atoms with E-state index in [1.165, 1.54) is 12.8 Å². The molecule has 1 aliphatic rings. The molecule has 0 aliphatic heterocycles. The third-order valence-electron chi connectivity index (χ3n) is 3.21. The Kier molecular flexibility index (Phi) is 4.22. The second-order valence-electron chi connectivity index (χ2n) is 6.00. The van der Waals surface area contributed by atoms with E-state index in [9.17, 15) is 4.79 Å². The Balaban J connectivity index is 2.45. The predicted octanol–water partition coefficient (Wildman–Crippen LogP) is 3.43. The summed E-state index contributed by atoms with van der Waals surface area (Å²) in [6.45, 7) is 7.99. The Morgan fingerprint density at radius 2 is 1.69 bits per heavy atom. The van der Waals surface area contributed by atoms with Crippen molar-refractivity contribution in [3.8, 4) is 0 Å². The molecule has 1 aliphatic carbocycles. The Labute approximate surface area is 99.1 Å². The standard InChI is InChI=1S/C13H25NO2/c1-10-6-8-11(9-7-10)14(5)12(15)16-13(2,3)4/h10-11H,6-9H2,1-5H3/t10-,11-. The minimum Gasteiger partial charge on any atom is -0.444 e. The van der Waals surface area contributed by atoms with Crippen LogP contribution in [0.25, 0.3) is 0 Å². The molecule has 1 fully saturated rings. The van der Waals surface area contributed by atoms with Crippen LogP contribution in [0.15, 0.2) is 0 Å². The highest BCUT2D eigenvalue weighted by Crippen LogP contribution is 2.27. The van der Waals surface area contributed by atoms with Gasteiger partial charge in [-0.1, -0.05) is 6.92 Å². The first-order valence-electron chi connectivity index (χ1n) is 6.25. The van der Waals surface area contributed by atoms with Gasteiger partial charge in [0.25, 0.3) is 0 Å². The summed E-state index contributed by atoms with van der Waals surface area (Å²) >= 11 is 0. The molecule has 0 aromatic rings. The van der Waals surface area contributed by atoms with Crippen LogP contribution in [0.1, 0.15) is 53.4 Å². The fourth-order valence-electron chi connectivity index (χ4n) is 2.11. The summed E-state index contributed by atoms with van der Waals surface area (Å²) in [6, 6.07) is 0.367. The first-order chi connectivity index (χ1) is 7.29. The van der Waals surface area contributed by atoms with E-state index in [0.29, 0.717) is 6.04 Å². The van der Waals surface area contributed by atoms with Gasteiger partial charge in [-0.25, -0.2) is 4.79 Å². The van der Waals surface area contributed by atoms with Gasteiger partial charge in [-0.3, -0.25) is 0 Å². The highest BCUT2D eigenvalue weighted by molar-refractivity contribution is 5.68. The van der Waals surface area contributed by atoms with E-state index in [4.69, 9.17) is 4.74 Å². The number of nitrogens with zero attached hydrogens (tertiary/aromatic N) is 1. The van der Waals surface area contributed by atoms with Crippen LogP contribution in [0.5, 0.6) is 0 Å². The highest BCUT2D eigenvalue weighted by Gasteiger charge is 2.27. The Hall–Kier alpha value is -0.730. The van der Waals surface area contributed by atoms with Gasteiger partial charge in [0.1, 0.15) is 5.60 Å². The largest absolute Gasteiger partial charge is 0.444 e. The molecule has 0 aromatic carbocycles. The zero-order valence-electron chi connectivity index (χ0n) is 11.2. The van der Waals surface area contributed by atoms with Crippen molar-refractivity contribution in [1.82, 2.24) is 4.90 Å². The van der Waals surface area contributed by atoms with Crippen LogP contribution >= 0.6 is 0 Å². The fourth-order valence-corrected chi connectivity index (χ4v) is 2.11. The lowest BCUT2D eigenvalue weighted by atomic mass is 9.87. The molecule has 3 nitrogen and oxygen atoms in total. The van der Waals surface area contributed by atoms with Gasteiger partial charge in [0.15, 0.2) is 0 Å². The van der Waals surface area contributed by atoms with Crippen LogP contribution in [0.2, 0.25) is 0 Å². The van der Waals surface area contributed by atoms with E-state index >= 15 is 0 Å². The molecule has 0 bridgehead atoms. The molecule has 0 N–H and O–H groups in total. The third-order valence-corrected chi connectivity index (χ3v) is 3.21. The van der Waals surface area contributed by atoms with Crippen molar-refractivity contribution in [2.45, 2.75) is 65.0 Å². The third kappa shape index (κ3) is 4.03. The number of amides is 1. The maximum atomic E-state index is 11.8. The van der Waals surface area contributed by atoms with Gasteiger partial charge in [-0.2, -0.15) is 0 Å². The molecule has 0 unspecified atom stereocenters. The average molecular weight is 227 g/mol. The summed E-state index contributed by atoms with van der Waals surface area (Å²) in [4.78, 5) is 13.6. The number of carbonyl (C=O) groups is 1. The molecule has 1 amide bonds. The predicted molar refractivity (Wildman–Crippen MR) is 65.4 cm³/mol. The lowest BCUT2D eigenvalue weighted by molar-refractivity contribution is 0.0175. The minimum absolute atomic E-state index is 0.188. The van der Waals surface area contributed by atoms with Crippen molar-refractivity contribution < 1.29 is 9.53 Å². The molecule has 1 rings (SSSR count). The molecule has 0 saturated heterocycles. The molecule has 3 heteroatoms. The summed E-state index contributed by atoms with van der Waals surface area (Å²) in [5.41, 5.74) is -0.396. The lowest BCUT2D eigenvalue weighted by Crippen LogP contribution is -2.42. The van der Waals surface area contributed by atoms with Gasteiger partial charge in [0.2, 0.25) is 0 Å². The van der Waals surface area contributed by atoms with Crippen LogP contribution in [0.3, 0.4) is 0 Å². The van der Waals surface area contributed by atoms with Crippen LogP contribution in [-0.4, -0.2) is 29.7 Å². The molecular formula is C13H25NO2. The Morgan fingerprint density at radius 1 is 1.19 bits per heavy atom. The molecule has 94 valence electrons. The molecular weight excluding hydrogens is 202 g/mol. The minimum atomic E-state index is -0.396. The van der Waals surface area contributed by atoms with Crippen LogP contribution in [0, 0.1) is 5.92 Å². The normalized spacial score (nSPS) is 26.3. The van der Waals surface area contributed by atoms with Crippen molar-refractivity contribution in [2.24, 2.45) is 5.92 Å². The summed E-state index contributed by atoms with van der Waals surface area (Å²) in [5, 5.41) is 0. The van der Waals surface area contributed by atoms with E-state index in [0.717, 1.165) is 18.8 Å². The summed E-state index contributed by atoms with van der Waals surface area (Å²) in [5.74, 6) is 0.809. The van der Waals surface area contributed by atoms with Crippen molar-refractivity contribution in [3.63, 3.8) is 0 Å². The molecule has 16 heavy (non-hydrogen) atoms. The van der Waals surface area contributed by atoms with E-state index in [1.54, 1.807) is 4.90 Å². The van der Waals surface area contributed by atoms with Gasteiger partial charge in [0.05, 0.1) is 0 Å². The van der Waals surface area contributed by atoms with Gasteiger partial charge >= 0.3 is 6.09 Å². The Morgan fingerprint density at radius 3 is 2.12 bits per heavy atom. The zero-order chi connectivity index (χ0) is 12.3. The number of hydrogen-bond acceptors (Lipinski definition) is 2. The quantitative estimate of drug-likeness (QED) is 0.687. The van der Waals surface area contributed by atoms with E-state index in [1.807, 2.05) is 27.8 Å². The van der Waals surface area contributed by atoms with Crippen LogP contribution in [0.4, 0.5) is 4.79 Å². The van der Waals surface area contributed by atoms with Gasteiger partial charge in [-0.15, -0.1) is 0 Å². The van der Waals surface area contributed by atoms with Crippen molar-refractivity contribution >= 4 is 6.09 Å². The highest BCUT2D eigenvalue weighted by atomic mass is 16.6. The second kappa shape index (κ2) is 5.07. The zero-order valence-corrected chi connectivity index (χ0v) is 11.2. The monoisotopic (exact) mass is 227 g/mol. The van der Waals surface area contributed by atoms with Gasteiger partial charge < -0.3 is 9.64 Å². The van der Waals surface area contributed by atoms with E-state index in [-0.39, 0.29) is 6.09 Å². The van der Waals surface area contributed by atoms with Gasteiger partial charge in [-0.05, 0) is 52.4 Å². The van der Waals surface area contributed by atoms with Crippen molar-refractivity contribution in [3.05, 3.63) is 0 Å². The number of carbonyl (C=O) groups excluding carboxylic acids is 1. The summed E-state index contributed by atoms with van der Waals surface area (Å²) < 4.78 is 5.37. The maximum absolute atomic E-state index is 11.8. The lowest BCUT2D eigenvalue weighted by Gasteiger charge is -2.34. The average Bonchev–Trinajstić information content (AvgIpc) is 2.15. The number of hydrogen-bond donors (Lipinski definition) is 0. The van der Waals surface area contributed by atoms with Crippen molar-refractivity contribution in [1.29, 1.82) is 0 Å². The second-order valence-corrected chi connectivity index (χ2v) is 6.00. The van der Waals surface area contributed by atoms with Crippen LogP contribution < -0.4 is 0 Å². The smallest absolute Gasteiger partial charge is 0.410 e. The topological polar surface area (TPSA) is 29.5 Å². The molecule has 0 atom stereocenters. The molecule has 0 radical (unpaired) electrons. The van der Waals surface area contributed by atoms with Crippen molar-refractivity contribution in [2.75, 3.05) is 7.05 Å². The van der Waals surface area contributed by atoms with Gasteiger partial charge in [0, 0.05) is 13.1 Å². The number of rotatable bonds is 1. The Bertz CT molecular complexity index is 237. The SMILES string of the molecule is CN(C(=O)OC(C)(C)C)[C@H]1CC[C@H](C)CC1. The first kappa shape index (κ1) is 13.3. The fraction of sp³-hybridized carbons (Fsp3) is 0.923. The van der Waals surface area contributed by atoms with E-state index in [2.05, 4.69) is 6.92 Å². The summed E-state index contributed by atoms with van der Waals surface area (Å²) in [7, 11) is 1.86. The van der Waals surface area contributed by atoms with Crippen LogP contribution in [-0.2, 0) is 4.74 Å². The van der Waals surface area contributed by atoms with E-state index < -0.39 is 5.60 Å². The first-order valence-corrected chi connectivity index (χ1v) is 6.25. The number of ether oxygens (including phenoxy) is 1. The molecule has 0 aromatic heterocycles. The molecule has 1 saturated carbocycles. The molecule has 0 spiro atoms. The summed E-state index contributed by atoms with van der Waals surface area (Å²) in [6.07, 6.45) is 4.47.